The zero-order chi connectivity index (χ0) is 13.4. The number of hydrogen-bond acceptors (Lipinski definition) is 3. The molecule has 0 aliphatic rings. The summed E-state index contributed by atoms with van der Waals surface area (Å²) in [6, 6.07) is 9.45. The van der Waals surface area contributed by atoms with Crippen LogP contribution >= 0.6 is 34.5 Å². The van der Waals surface area contributed by atoms with Gasteiger partial charge in [0.1, 0.15) is 17.4 Å². The molecule has 2 aromatic heterocycles. The minimum atomic E-state index is -0.0429. The Kier molecular flexibility index (Phi) is 3.54. The molecule has 1 aromatic carbocycles. The second-order valence-corrected chi connectivity index (χ2v) is 5.98. The van der Waals surface area contributed by atoms with Crippen molar-refractivity contribution >= 4 is 45.5 Å². The predicted octanol–water partition coefficient (Wildman–Crippen LogP) is 5.11. The van der Waals surface area contributed by atoms with Crippen molar-refractivity contribution in [2.45, 2.75) is 6.04 Å². The van der Waals surface area contributed by atoms with Crippen molar-refractivity contribution < 1.29 is 4.42 Å². The highest BCUT2D eigenvalue weighted by atomic mass is 35.5. The van der Waals surface area contributed by atoms with E-state index >= 15 is 0 Å². The van der Waals surface area contributed by atoms with Crippen LogP contribution < -0.4 is 5.32 Å². The van der Waals surface area contributed by atoms with Gasteiger partial charge >= 0.3 is 0 Å². The first-order valence-corrected chi connectivity index (χ1v) is 7.42. The molecule has 0 aliphatic carbocycles. The number of hydrogen-bond donors (Lipinski definition) is 1. The largest absolute Gasteiger partial charge is 0.459 e. The second kappa shape index (κ2) is 5.17. The first-order chi connectivity index (χ1) is 9.19. The summed E-state index contributed by atoms with van der Waals surface area (Å²) in [5, 5.41) is 7.66. The highest BCUT2D eigenvalue weighted by Gasteiger charge is 2.20. The summed E-state index contributed by atoms with van der Waals surface area (Å²) in [7, 11) is 1.89. The summed E-state index contributed by atoms with van der Waals surface area (Å²) in [6.07, 6.45) is 0. The van der Waals surface area contributed by atoms with Gasteiger partial charge in [-0.3, -0.25) is 0 Å². The lowest BCUT2D eigenvalue weighted by Crippen LogP contribution is -2.15. The Bertz CT molecular complexity index is 719. The van der Waals surface area contributed by atoms with E-state index in [2.05, 4.69) is 5.32 Å². The van der Waals surface area contributed by atoms with Gasteiger partial charge < -0.3 is 9.73 Å². The quantitative estimate of drug-likeness (QED) is 0.727. The van der Waals surface area contributed by atoms with E-state index in [-0.39, 0.29) is 6.04 Å². The first-order valence-electron chi connectivity index (χ1n) is 5.78. The van der Waals surface area contributed by atoms with Crippen LogP contribution in [0.25, 0.3) is 11.0 Å². The predicted molar refractivity (Wildman–Crippen MR) is 81.5 cm³/mol. The van der Waals surface area contributed by atoms with Crippen molar-refractivity contribution in [3.8, 4) is 0 Å². The third-order valence-corrected chi connectivity index (χ3v) is 4.64. The van der Waals surface area contributed by atoms with Crippen molar-refractivity contribution in [1.82, 2.24) is 5.32 Å². The van der Waals surface area contributed by atoms with E-state index in [1.165, 1.54) is 0 Å². The van der Waals surface area contributed by atoms with Crippen LogP contribution in [0.5, 0.6) is 0 Å². The molecule has 0 bridgehead atoms. The number of fused-ring (bicyclic) bond motifs is 1. The Labute approximate surface area is 124 Å². The van der Waals surface area contributed by atoms with Gasteiger partial charge in [-0.1, -0.05) is 23.2 Å². The van der Waals surface area contributed by atoms with E-state index in [4.69, 9.17) is 27.6 Å². The Morgan fingerprint density at radius 3 is 2.74 bits per heavy atom. The molecule has 1 atom stereocenters. The molecule has 1 unspecified atom stereocenters. The molecule has 19 heavy (non-hydrogen) atoms. The van der Waals surface area contributed by atoms with E-state index < -0.39 is 0 Å². The normalized spacial score (nSPS) is 13.0. The lowest BCUT2D eigenvalue weighted by atomic mass is 10.1. The van der Waals surface area contributed by atoms with Crippen molar-refractivity contribution in [3.63, 3.8) is 0 Å². The third kappa shape index (κ3) is 2.39. The minimum Gasteiger partial charge on any atom is -0.459 e. The highest BCUT2D eigenvalue weighted by molar-refractivity contribution is 7.10. The van der Waals surface area contributed by atoms with Gasteiger partial charge in [-0.25, -0.2) is 0 Å². The summed E-state index contributed by atoms with van der Waals surface area (Å²) in [5.41, 5.74) is 0.826. The fourth-order valence-corrected chi connectivity index (χ4v) is 3.55. The molecule has 1 N–H and O–H groups in total. The Balaban J connectivity index is 2.09. The van der Waals surface area contributed by atoms with Crippen molar-refractivity contribution in [3.05, 3.63) is 56.4 Å². The van der Waals surface area contributed by atoms with Crippen LogP contribution in [0.4, 0.5) is 0 Å². The number of nitrogens with one attached hydrogen (secondary N) is 1. The topological polar surface area (TPSA) is 25.2 Å². The molecule has 2 heterocycles. The van der Waals surface area contributed by atoms with Gasteiger partial charge in [-0.05, 0) is 42.8 Å². The maximum absolute atomic E-state index is 6.19. The maximum Gasteiger partial charge on any atom is 0.134 e. The molecule has 3 aromatic rings. The zero-order valence-electron chi connectivity index (χ0n) is 10.1. The van der Waals surface area contributed by atoms with E-state index in [9.17, 15) is 0 Å². The average Bonchev–Trinajstić information content (AvgIpc) is 2.97. The number of rotatable bonds is 3. The van der Waals surface area contributed by atoms with E-state index in [1.807, 2.05) is 42.8 Å². The smallest absolute Gasteiger partial charge is 0.134 e. The van der Waals surface area contributed by atoms with Crippen molar-refractivity contribution in [1.29, 1.82) is 0 Å². The van der Waals surface area contributed by atoms with Gasteiger partial charge in [0.2, 0.25) is 0 Å². The maximum atomic E-state index is 6.19. The monoisotopic (exact) mass is 311 g/mol. The molecule has 5 heteroatoms. The molecule has 0 saturated heterocycles. The zero-order valence-corrected chi connectivity index (χ0v) is 12.4. The molecule has 3 rings (SSSR count). The van der Waals surface area contributed by atoms with Crippen LogP contribution in [-0.4, -0.2) is 7.05 Å². The summed E-state index contributed by atoms with van der Waals surface area (Å²) in [6.45, 7) is 0. The SMILES string of the molecule is CNC(c1cc2cc(Cl)ccc2o1)c1sccc1Cl. The fourth-order valence-electron chi connectivity index (χ4n) is 2.09. The molecule has 0 aliphatic heterocycles. The number of halogens is 2. The summed E-state index contributed by atoms with van der Waals surface area (Å²) in [4.78, 5) is 1.05. The molecular formula is C14H11Cl2NOS. The Morgan fingerprint density at radius 1 is 1.21 bits per heavy atom. The molecule has 0 saturated carbocycles. The van der Waals surface area contributed by atoms with Gasteiger partial charge in [0.15, 0.2) is 0 Å². The van der Waals surface area contributed by atoms with Gasteiger partial charge in [0.25, 0.3) is 0 Å². The van der Waals surface area contributed by atoms with Crippen molar-refractivity contribution in [2.24, 2.45) is 0 Å². The molecule has 0 spiro atoms. The van der Waals surface area contributed by atoms with Gasteiger partial charge in [-0.15, -0.1) is 11.3 Å². The fraction of sp³-hybridized carbons (Fsp3) is 0.143. The minimum absolute atomic E-state index is 0.0429. The Morgan fingerprint density at radius 2 is 2.05 bits per heavy atom. The average molecular weight is 312 g/mol. The van der Waals surface area contributed by atoms with Gasteiger partial charge in [0.05, 0.1) is 5.02 Å². The number of thiophene rings is 1. The molecule has 2 nitrogen and oxygen atoms in total. The molecular weight excluding hydrogens is 301 g/mol. The molecule has 0 amide bonds. The highest BCUT2D eigenvalue weighted by Crippen LogP contribution is 2.35. The van der Waals surface area contributed by atoms with Crippen LogP contribution in [-0.2, 0) is 0 Å². The Hall–Kier alpha value is -1.00. The molecule has 98 valence electrons. The number of benzene rings is 1. The van der Waals surface area contributed by atoms with E-state index in [1.54, 1.807) is 11.3 Å². The van der Waals surface area contributed by atoms with Gasteiger partial charge in [-0.2, -0.15) is 0 Å². The van der Waals surface area contributed by atoms with Crippen molar-refractivity contribution in [2.75, 3.05) is 7.05 Å². The summed E-state index contributed by atoms with van der Waals surface area (Å²) in [5.74, 6) is 0.837. The van der Waals surface area contributed by atoms with Crippen LogP contribution in [0.2, 0.25) is 10.0 Å². The van der Waals surface area contributed by atoms with Crippen LogP contribution in [0.1, 0.15) is 16.7 Å². The van der Waals surface area contributed by atoms with E-state index in [0.29, 0.717) is 5.02 Å². The number of furan rings is 1. The third-order valence-electron chi connectivity index (χ3n) is 2.98. The first kappa shape index (κ1) is 13.0. The molecule has 0 fully saturated rings. The summed E-state index contributed by atoms with van der Waals surface area (Å²) < 4.78 is 5.88. The van der Waals surface area contributed by atoms with E-state index in [0.717, 1.165) is 26.6 Å². The lowest BCUT2D eigenvalue weighted by Gasteiger charge is -2.11. The van der Waals surface area contributed by atoms with Gasteiger partial charge in [0, 0.05) is 15.3 Å². The summed E-state index contributed by atoms with van der Waals surface area (Å²) >= 11 is 13.8. The lowest BCUT2D eigenvalue weighted by molar-refractivity contribution is 0.495. The second-order valence-electron chi connectivity index (χ2n) is 4.19. The van der Waals surface area contributed by atoms with Crippen LogP contribution in [0, 0.1) is 0 Å². The standard InChI is InChI=1S/C14H11Cl2NOS/c1-17-13(14-10(16)4-5-19-14)12-7-8-6-9(15)2-3-11(8)18-12/h2-7,13,17H,1H3. The van der Waals surface area contributed by atoms with Crippen LogP contribution in [0.3, 0.4) is 0 Å². The van der Waals surface area contributed by atoms with Crippen LogP contribution in [0.15, 0.2) is 40.1 Å². The molecule has 0 radical (unpaired) electrons.